The summed E-state index contributed by atoms with van der Waals surface area (Å²) in [5.74, 6) is 0. The molecule has 2 rings (SSSR count). The minimum Gasteiger partial charge on any atom is -0.382 e. The van der Waals surface area contributed by atoms with Crippen LogP contribution in [-0.2, 0) is 0 Å². The van der Waals surface area contributed by atoms with Crippen molar-refractivity contribution < 1.29 is 0 Å². The van der Waals surface area contributed by atoms with Gasteiger partial charge in [0, 0.05) is 21.8 Å². The lowest BCUT2D eigenvalue weighted by Gasteiger charge is -2.36. The number of halogens is 2. The molecule has 0 saturated heterocycles. The number of benzene rings is 1. The lowest BCUT2D eigenvalue weighted by atomic mass is 9.75. The Morgan fingerprint density at radius 1 is 1.18 bits per heavy atom. The summed E-state index contributed by atoms with van der Waals surface area (Å²) in [6.45, 7) is 4.68. The van der Waals surface area contributed by atoms with Crippen LogP contribution in [0.5, 0.6) is 0 Å². The van der Waals surface area contributed by atoms with Crippen LogP contribution in [0.25, 0.3) is 0 Å². The molecule has 1 atom stereocenters. The molecule has 0 bridgehead atoms. The maximum absolute atomic E-state index is 6.00. The van der Waals surface area contributed by atoms with Crippen LogP contribution in [0.1, 0.15) is 39.5 Å². The third-order valence-electron chi connectivity index (χ3n) is 3.44. The van der Waals surface area contributed by atoms with Gasteiger partial charge in [0.25, 0.3) is 0 Å². The third-order valence-corrected chi connectivity index (χ3v) is 3.87. The molecule has 1 N–H and O–H groups in total. The highest BCUT2D eigenvalue weighted by Gasteiger charge is 2.27. The molecule has 0 amide bonds. The summed E-state index contributed by atoms with van der Waals surface area (Å²) in [6, 6.07) is 6.18. The fraction of sp³-hybridized carbons (Fsp3) is 0.571. The molecule has 0 spiro atoms. The van der Waals surface area contributed by atoms with Crippen molar-refractivity contribution in [3.05, 3.63) is 28.2 Å². The smallest absolute Gasteiger partial charge is 0.0441 e. The summed E-state index contributed by atoms with van der Waals surface area (Å²) >= 11 is 12.0. The molecule has 1 nitrogen and oxygen atoms in total. The van der Waals surface area contributed by atoms with Gasteiger partial charge in [0.1, 0.15) is 0 Å². The van der Waals surface area contributed by atoms with Crippen molar-refractivity contribution in [2.75, 3.05) is 5.32 Å². The first kappa shape index (κ1) is 13.0. The topological polar surface area (TPSA) is 12.0 Å². The van der Waals surface area contributed by atoms with E-state index in [1.807, 2.05) is 12.1 Å². The second-order valence-corrected chi connectivity index (χ2v) is 6.63. The van der Waals surface area contributed by atoms with Crippen LogP contribution in [-0.4, -0.2) is 6.04 Å². The summed E-state index contributed by atoms with van der Waals surface area (Å²) in [5, 5.41) is 4.93. The van der Waals surface area contributed by atoms with Crippen LogP contribution < -0.4 is 5.32 Å². The van der Waals surface area contributed by atoms with Crippen molar-refractivity contribution >= 4 is 28.9 Å². The van der Waals surface area contributed by atoms with Gasteiger partial charge in [-0.25, -0.2) is 0 Å². The first-order valence-corrected chi connectivity index (χ1v) is 6.93. The van der Waals surface area contributed by atoms with Gasteiger partial charge in [-0.2, -0.15) is 0 Å². The van der Waals surface area contributed by atoms with E-state index < -0.39 is 0 Å². The second kappa shape index (κ2) is 5.07. The van der Waals surface area contributed by atoms with E-state index in [1.54, 1.807) is 6.07 Å². The van der Waals surface area contributed by atoms with E-state index in [-0.39, 0.29) is 0 Å². The molecule has 1 fully saturated rings. The van der Waals surface area contributed by atoms with Crippen molar-refractivity contribution in [1.29, 1.82) is 0 Å². The van der Waals surface area contributed by atoms with Crippen LogP contribution in [0.2, 0.25) is 10.0 Å². The van der Waals surface area contributed by atoms with Gasteiger partial charge in [-0.3, -0.25) is 0 Å². The Kier molecular flexibility index (Phi) is 3.89. The Bertz CT molecular complexity index is 381. The van der Waals surface area contributed by atoms with Gasteiger partial charge in [0.15, 0.2) is 0 Å². The van der Waals surface area contributed by atoms with E-state index in [2.05, 4.69) is 19.2 Å². The normalized spacial score (nSPS) is 23.4. The molecule has 1 aromatic carbocycles. The standard InChI is InChI=1S/C14H19Cl2N/c1-14(2)5-3-4-12(9-14)17-13-7-10(15)6-11(16)8-13/h6-8,12,17H,3-5,9H2,1-2H3. The lowest BCUT2D eigenvalue weighted by molar-refractivity contribution is 0.229. The van der Waals surface area contributed by atoms with Gasteiger partial charge < -0.3 is 5.32 Å². The van der Waals surface area contributed by atoms with Crippen molar-refractivity contribution in [3.8, 4) is 0 Å². The van der Waals surface area contributed by atoms with Gasteiger partial charge in [0.05, 0.1) is 0 Å². The first-order valence-electron chi connectivity index (χ1n) is 6.17. The fourth-order valence-corrected chi connectivity index (χ4v) is 3.22. The molecule has 1 aliphatic carbocycles. The zero-order valence-corrected chi connectivity index (χ0v) is 11.9. The molecule has 0 heterocycles. The quantitative estimate of drug-likeness (QED) is 0.762. The Morgan fingerprint density at radius 3 is 2.41 bits per heavy atom. The van der Waals surface area contributed by atoms with E-state index in [4.69, 9.17) is 23.2 Å². The van der Waals surface area contributed by atoms with E-state index in [0.717, 1.165) is 5.69 Å². The van der Waals surface area contributed by atoms with E-state index >= 15 is 0 Å². The Labute approximate surface area is 114 Å². The summed E-state index contributed by atoms with van der Waals surface area (Å²) in [7, 11) is 0. The predicted octanol–water partition coefficient (Wildman–Crippen LogP) is 5.37. The average Bonchev–Trinajstić information content (AvgIpc) is 2.13. The minimum atomic E-state index is 0.443. The SMILES string of the molecule is CC1(C)CCCC(Nc2cc(Cl)cc(Cl)c2)C1. The second-order valence-electron chi connectivity index (χ2n) is 5.76. The van der Waals surface area contributed by atoms with Crippen molar-refractivity contribution in [2.24, 2.45) is 5.41 Å². The summed E-state index contributed by atoms with van der Waals surface area (Å²) in [4.78, 5) is 0. The Morgan fingerprint density at radius 2 is 1.82 bits per heavy atom. The first-order chi connectivity index (χ1) is 7.94. The van der Waals surface area contributed by atoms with Crippen LogP contribution >= 0.6 is 23.2 Å². The molecular formula is C14H19Cl2N. The van der Waals surface area contributed by atoms with Crippen LogP contribution in [0.15, 0.2) is 18.2 Å². The fourth-order valence-electron chi connectivity index (χ4n) is 2.69. The largest absolute Gasteiger partial charge is 0.382 e. The van der Waals surface area contributed by atoms with E-state index in [1.165, 1.54) is 25.7 Å². The highest BCUT2D eigenvalue weighted by Crippen LogP contribution is 2.36. The zero-order valence-electron chi connectivity index (χ0n) is 10.4. The highest BCUT2D eigenvalue weighted by atomic mass is 35.5. The molecule has 1 aliphatic rings. The van der Waals surface area contributed by atoms with Crippen LogP contribution in [0.4, 0.5) is 5.69 Å². The van der Waals surface area contributed by atoms with E-state index in [0.29, 0.717) is 21.5 Å². The molecule has 3 heteroatoms. The van der Waals surface area contributed by atoms with Crippen molar-refractivity contribution in [1.82, 2.24) is 0 Å². The molecular weight excluding hydrogens is 253 g/mol. The Balaban J connectivity index is 2.05. The predicted molar refractivity (Wildman–Crippen MR) is 76.1 cm³/mol. The Hall–Kier alpha value is -0.400. The molecule has 1 aromatic rings. The molecule has 1 unspecified atom stereocenters. The number of hydrogen-bond acceptors (Lipinski definition) is 1. The summed E-state index contributed by atoms with van der Waals surface area (Å²) < 4.78 is 0. The monoisotopic (exact) mass is 271 g/mol. The van der Waals surface area contributed by atoms with Crippen molar-refractivity contribution in [2.45, 2.75) is 45.6 Å². The van der Waals surface area contributed by atoms with Gasteiger partial charge in [-0.05, 0) is 42.9 Å². The van der Waals surface area contributed by atoms with Crippen LogP contribution in [0.3, 0.4) is 0 Å². The number of anilines is 1. The van der Waals surface area contributed by atoms with Gasteiger partial charge >= 0.3 is 0 Å². The molecule has 17 heavy (non-hydrogen) atoms. The molecule has 0 aliphatic heterocycles. The van der Waals surface area contributed by atoms with E-state index in [9.17, 15) is 0 Å². The average molecular weight is 272 g/mol. The third kappa shape index (κ3) is 3.79. The summed E-state index contributed by atoms with van der Waals surface area (Å²) in [6.07, 6.45) is 5.05. The number of nitrogens with one attached hydrogen (secondary N) is 1. The van der Waals surface area contributed by atoms with Crippen molar-refractivity contribution in [3.63, 3.8) is 0 Å². The van der Waals surface area contributed by atoms with Crippen LogP contribution in [0, 0.1) is 5.41 Å². The maximum atomic E-state index is 6.00. The van der Waals surface area contributed by atoms with Gasteiger partial charge in [0.2, 0.25) is 0 Å². The highest BCUT2D eigenvalue weighted by molar-refractivity contribution is 6.35. The lowest BCUT2D eigenvalue weighted by Crippen LogP contribution is -2.31. The molecule has 1 saturated carbocycles. The molecule has 0 radical (unpaired) electrons. The minimum absolute atomic E-state index is 0.443. The van der Waals surface area contributed by atoms with Gasteiger partial charge in [-0.15, -0.1) is 0 Å². The number of rotatable bonds is 2. The molecule has 0 aromatic heterocycles. The number of hydrogen-bond donors (Lipinski definition) is 1. The molecule has 94 valence electrons. The zero-order chi connectivity index (χ0) is 12.5. The maximum Gasteiger partial charge on any atom is 0.0441 e. The van der Waals surface area contributed by atoms with Gasteiger partial charge in [-0.1, -0.05) is 43.5 Å². The summed E-state index contributed by atoms with van der Waals surface area (Å²) in [5.41, 5.74) is 1.48.